The number of hydrogen-bond donors (Lipinski definition) is 1. The molecule has 0 radical (unpaired) electrons. The smallest absolute Gasteiger partial charge is 0.129 e. The van der Waals surface area contributed by atoms with Crippen molar-refractivity contribution in [3.05, 3.63) is 35.4 Å². The fourth-order valence-electron chi connectivity index (χ4n) is 1.34. The SMILES string of the molecule is CCNCCCc1c(F)cccc1F. The lowest BCUT2D eigenvalue weighted by molar-refractivity contribution is 0.545. The van der Waals surface area contributed by atoms with E-state index in [9.17, 15) is 8.78 Å². The van der Waals surface area contributed by atoms with E-state index in [4.69, 9.17) is 0 Å². The molecule has 0 unspecified atom stereocenters. The molecule has 0 aliphatic carbocycles. The Hall–Kier alpha value is -0.960. The monoisotopic (exact) mass is 199 g/mol. The predicted molar refractivity (Wildman–Crippen MR) is 53.2 cm³/mol. The minimum absolute atomic E-state index is 0.199. The van der Waals surface area contributed by atoms with E-state index in [1.807, 2.05) is 6.92 Å². The maximum absolute atomic E-state index is 13.1. The van der Waals surface area contributed by atoms with Crippen LogP contribution < -0.4 is 5.32 Å². The van der Waals surface area contributed by atoms with Gasteiger partial charge in [0.2, 0.25) is 0 Å². The Bertz CT molecular complexity index is 266. The first-order valence-corrected chi connectivity index (χ1v) is 4.89. The Morgan fingerprint density at radius 2 is 1.86 bits per heavy atom. The van der Waals surface area contributed by atoms with Crippen LogP contribution in [0.2, 0.25) is 0 Å². The highest BCUT2D eigenvalue weighted by molar-refractivity contribution is 5.19. The van der Waals surface area contributed by atoms with Gasteiger partial charge in [-0.15, -0.1) is 0 Å². The summed E-state index contributed by atoms with van der Waals surface area (Å²) in [6, 6.07) is 3.98. The van der Waals surface area contributed by atoms with Crippen LogP contribution in [0.4, 0.5) is 8.78 Å². The molecule has 1 aromatic rings. The molecule has 78 valence electrons. The van der Waals surface area contributed by atoms with Gasteiger partial charge in [-0.2, -0.15) is 0 Å². The average Bonchev–Trinajstić information content (AvgIpc) is 2.16. The van der Waals surface area contributed by atoms with Gasteiger partial charge in [0.25, 0.3) is 0 Å². The molecule has 0 spiro atoms. The molecule has 1 rings (SSSR count). The molecule has 1 nitrogen and oxygen atoms in total. The minimum Gasteiger partial charge on any atom is -0.317 e. The zero-order valence-corrected chi connectivity index (χ0v) is 8.32. The van der Waals surface area contributed by atoms with Gasteiger partial charge < -0.3 is 5.32 Å². The lowest BCUT2D eigenvalue weighted by Crippen LogP contribution is -2.15. The quantitative estimate of drug-likeness (QED) is 0.718. The van der Waals surface area contributed by atoms with E-state index in [0.717, 1.165) is 19.5 Å². The second-order valence-corrected chi connectivity index (χ2v) is 3.16. The maximum Gasteiger partial charge on any atom is 0.129 e. The van der Waals surface area contributed by atoms with Gasteiger partial charge in [-0.05, 0) is 38.1 Å². The van der Waals surface area contributed by atoms with Gasteiger partial charge in [0.1, 0.15) is 11.6 Å². The Morgan fingerprint density at radius 3 is 2.43 bits per heavy atom. The van der Waals surface area contributed by atoms with Crippen LogP contribution in [0.5, 0.6) is 0 Å². The molecule has 0 amide bonds. The summed E-state index contributed by atoms with van der Waals surface area (Å²) in [5, 5.41) is 3.11. The van der Waals surface area contributed by atoms with Gasteiger partial charge in [0.15, 0.2) is 0 Å². The molecule has 0 saturated heterocycles. The lowest BCUT2D eigenvalue weighted by Gasteiger charge is -2.04. The number of benzene rings is 1. The molecule has 0 saturated carbocycles. The third-order valence-electron chi connectivity index (χ3n) is 2.09. The van der Waals surface area contributed by atoms with Gasteiger partial charge >= 0.3 is 0 Å². The standard InChI is InChI=1S/C11H15F2N/c1-2-14-8-4-5-9-10(12)6-3-7-11(9)13/h3,6-7,14H,2,4-5,8H2,1H3. The summed E-state index contributed by atoms with van der Waals surface area (Å²) in [6.45, 7) is 3.69. The van der Waals surface area contributed by atoms with Crippen LogP contribution in [-0.4, -0.2) is 13.1 Å². The van der Waals surface area contributed by atoms with Crippen molar-refractivity contribution in [2.75, 3.05) is 13.1 Å². The summed E-state index contributed by atoms with van der Waals surface area (Å²) in [4.78, 5) is 0. The highest BCUT2D eigenvalue weighted by Gasteiger charge is 2.06. The third kappa shape index (κ3) is 3.07. The topological polar surface area (TPSA) is 12.0 Å². The van der Waals surface area contributed by atoms with E-state index < -0.39 is 11.6 Å². The molecule has 3 heteroatoms. The van der Waals surface area contributed by atoms with Crippen molar-refractivity contribution < 1.29 is 8.78 Å². The van der Waals surface area contributed by atoms with Gasteiger partial charge in [-0.1, -0.05) is 13.0 Å². The molecule has 0 bridgehead atoms. The molecular formula is C11H15F2N. The van der Waals surface area contributed by atoms with Crippen LogP contribution in [0.3, 0.4) is 0 Å². The van der Waals surface area contributed by atoms with Crippen molar-refractivity contribution in [2.45, 2.75) is 19.8 Å². The zero-order valence-electron chi connectivity index (χ0n) is 8.32. The molecule has 0 aromatic heterocycles. The zero-order chi connectivity index (χ0) is 10.4. The first-order chi connectivity index (χ1) is 6.75. The number of halogens is 2. The Kier molecular flexibility index (Phi) is 4.53. The summed E-state index contributed by atoms with van der Waals surface area (Å²) < 4.78 is 26.2. The second-order valence-electron chi connectivity index (χ2n) is 3.16. The van der Waals surface area contributed by atoms with E-state index >= 15 is 0 Å². The Labute approximate surface area is 83.1 Å². The van der Waals surface area contributed by atoms with Gasteiger partial charge in [0, 0.05) is 5.56 Å². The number of nitrogens with one attached hydrogen (secondary N) is 1. The highest BCUT2D eigenvalue weighted by atomic mass is 19.1. The largest absolute Gasteiger partial charge is 0.317 e. The minimum atomic E-state index is -0.443. The molecule has 0 aliphatic rings. The van der Waals surface area contributed by atoms with E-state index in [2.05, 4.69) is 5.32 Å². The van der Waals surface area contributed by atoms with Crippen molar-refractivity contribution in [2.24, 2.45) is 0 Å². The van der Waals surface area contributed by atoms with Crippen LogP contribution in [0.25, 0.3) is 0 Å². The summed E-state index contributed by atoms with van der Waals surface area (Å²) in [5.41, 5.74) is 0.199. The van der Waals surface area contributed by atoms with Gasteiger partial charge in [0.05, 0.1) is 0 Å². The normalized spacial score (nSPS) is 10.5. The summed E-state index contributed by atoms with van der Waals surface area (Å²) >= 11 is 0. The molecule has 0 heterocycles. The van der Waals surface area contributed by atoms with E-state index in [-0.39, 0.29) is 5.56 Å². The number of rotatable bonds is 5. The fourth-order valence-corrected chi connectivity index (χ4v) is 1.34. The van der Waals surface area contributed by atoms with E-state index in [1.165, 1.54) is 18.2 Å². The summed E-state index contributed by atoms with van der Waals surface area (Å²) in [7, 11) is 0. The van der Waals surface area contributed by atoms with Gasteiger partial charge in [-0.25, -0.2) is 8.78 Å². The molecular weight excluding hydrogens is 184 g/mol. The van der Waals surface area contributed by atoms with Crippen LogP contribution in [0, 0.1) is 11.6 Å². The van der Waals surface area contributed by atoms with Crippen LogP contribution in [0.1, 0.15) is 18.9 Å². The highest BCUT2D eigenvalue weighted by Crippen LogP contribution is 2.13. The number of hydrogen-bond acceptors (Lipinski definition) is 1. The van der Waals surface area contributed by atoms with Crippen LogP contribution >= 0.6 is 0 Å². The van der Waals surface area contributed by atoms with Crippen molar-refractivity contribution in [3.8, 4) is 0 Å². The molecule has 1 N–H and O–H groups in total. The molecule has 0 atom stereocenters. The van der Waals surface area contributed by atoms with Crippen molar-refractivity contribution >= 4 is 0 Å². The molecule has 0 aliphatic heterocycles. The van der Waals surface area contributed by atoms with Crippen LogP contribution in [0.15, 0.2) is 18.2 Å². The summed E-state index contributed by atoms with van der Waals surface area (Å²) in [5.74, 6) is -0.886. The van der Waals surface area contributed by atoms with Crippen molar-refractivity contribution in [3.63, 3.8) is 0 Å². The van der Waals surface area contributed by atoms with Crippen molar-refractivity contribution in [1.29, 1.82) is 0 Å². The van der Waals surface area contributed by atoms with Crippen molar-refractivity contribution in [1.82, 2.24) is 5.32 Å². The Morgan fingerprint density at radius 1 is 1.21 bits per heavy atom. The molecule has 1 aromatic carbocycles. The average molecular weight is 199 g/mol. The summed E-state index contributed by atoms with van der Waals surface area (Å²) in [6.07, 6.45) is 1.21. The predicted octanol–water partition coefficient (Wildman–Crippen LogP) is 2.51. The Balaban J connectivity index is 2.49. The maximum atomic E-state index is 13.1. The lowest BCUT2D eigenvalue weighted by atomic mass is 10.1. The van der Waals surface area contributed by atoms with E-state index in [0.29, 0.717) is 6.42 Å². The van der Waals surface area contributed by atoms with Crippen LogP contribution in [-0.2, 0) is 6.42 Å². The second kappa shape index (κ2) is 5.70. The first-order valence-electron chi connectivity index (χ1n) is 4.89. The van der Waals surface area contributed by atoms with E-state index in [1.54, 1.807) is 0 Å². The fraction of sp³-hybridized carbons (Fsp3) is 0.455. The molecule has 0 fully saturated rings. The first kappa shape index (κ1) is 11.1. The third-order valence-corrected chi connectivity index (χ3v) is 2.09. The van der Waals surface area contributed by atoms with Gasteiger partial charge in [-0.3, -0.25) is 0 Å². The molecule has 14 heavy (non-hydrogen) atoms.